The van der Waals surface area contributed by atoms with Gasteiger partial charge in [0, 0.05) is 41.2 Å². The Labute approximate surface area is 208 Å². The highest BCUT2D eigenvalue weighted by Crippen LogP contribution is 2.44. The molecular weight excluding hydrogens is 452 g/mol. The normalized spacial score (nSPS) is 12.5. The summed E-state index contributed by atoms with van der Waals surface area (Å²) in [5.74, 6) is 0. The summed E-state index contributed by atoms with van der Waals surface area (Å²) in [6, 6.07) is 18.5. The number of aromatic nitrogens is 2. The molecule has 0 bridgehead atoms. The van der Waals surface area contributed by atoms with Gasteiger partial charge in [0.2, 0.25) is 0 Å². The van der Waals surface area contributed by atoms with Crippen LogP contribution in [0.15, 0.2) is 48.5 Å². The smallest absolute Gasteiger partial charge is 0.111 e. The molecule has 0 aliphatic rings. The predicted octanol–water partition coefficient (Wildman–Crippen LogP) is 9.39. The van der Waals surface area contributed by atoms with Gasteiger partial charge in [-0.05, 0) is 68.5 Å². The average molecular weight is 481 g/mol. The number of benzene rings is 3. The van der Waals surface area contributed by atoms with Crippen molar-refractivity contribution >= 4 is 63.0 Å². The maximum Gasteiger partial charge on any atom is 0.111 e. The van der Waals surface area contributed by atoms with Crippen molar-refractivity contribution in [1.82, 2.24) is 10.2 Å². The van der Waals surface area contributed by atoms with Crippen LogP contribution < -0.4 is 0 Å². The van der Waals surface area contributed by atoms with Crippen LogP contribution in [0.2, 0.25) is 0 Å². The molecule has 170 valence electrons. The fourth-order valence-electron chi connectivity index (χ4n) is 5.18. The zero-order valence-corrected chi connectivity index (χ0v) is 22.2. The van der Waals surface area contributed by atoms with Crippen molar-refractivity contribution in [3.63, 3.8) is 0 Å². The number of aryl methyl sites for hydroxylation is 3. The van der Waals surface area contributed by atoms with Crippen molar-refractivity contribution in [3.05, 3.63) is 70.9 Å². The van der Waals surface area contributed by atoms with Crippen molar-refractivity contribution in [2.24, 2.45) is 5.41 Å². The minimum atomic E-state index is 0.290. The van der Waals surface area contributed by atoms with E-state index in [0.717, 1.165) is 23.4 Å². The minimum Gasteiger partial charge on any atom is -0.155 e. The highest BCUT2D eigenvalue weighted by molar-refractivity contribution is 7.27. The van der Waals surface area contributed by atoms with Crippen LogP contribution in [-0.4, -0.2) is 10.2 Å². The van der Waals surface area contributed by atoms with E-state index in [-0.39, 0.29) is 5.41 Å². The number of thiophene rings is 2. The highest BCUT2D eigenvalue weighted by Gasteiger charge is 2.18. The van der Waals surface area contributed by atoms with Gasteiger partial charge < -0.3 is 0 Å². The number of fused-ring (bicyclic) bond motifs is 6. The number of rotatable bonds is 2. The summed E-state index contributed by atoms with van der Waals surface area (Å²) in [5, 5.41) is 14.5. The molecule has 0 aliphatic heterocycles. The first-order chi connectivity index (χ1) is 16.2. The van der Waals surface area contributed by atoms with Gasteiger partial charge in [-0.15, -0.1) is 27.8 Å². The first-order valence-corrected chi connectivity index (χ1v) is 13.4. The third-order valence-corrected chi connectivity index (χ3v) is 8.73. The summed E-state index contributed by atoms with van der Waals surface area (Å²) in [5.41, 5.74) is 7.37. The van der Waals surface area contributed by atoms with Crippen molar-refractivity contribution in [3.8, 4) is 11.3 Å². The van der Waals surface area contributed by atoms with Crippen LogP contribution in [0.5, 0.6) is 0 Å². The Bertz CT molecular complexity index is 1730. The van der Waals surface area contributed by atoms with E-state index in [1.807, 2.05) is 22.7 Å². The van der Waals surface area contributed by atoms with Crippen molar-refractivity contribution in [1.29, 1.82) is 0 Å². The maximum absolute atomic E-state index is 4.66. The van der Waals surface area contributed by atoms with E-state index in [0.29, 0.717) is 0 Å². The minimum absolute atomic E-state index is 0.290. The molecule has 4 heteroatoms. The predicted molar refractivity (Wildman–Crippen MR) is 151 cm³/mol. The fraction of sp³-hybridized carbons (Fsp3) is 0.267. The fourth-order valence-corrected chi connectivity index (χ4v) is 7.65. The molecule has 0 saturated carbocycles. The summed E-state index contributed by atoms with van der Waals surface area (Å²) in [6.07, 6.45) is 1.09. The van der Waals surface area contributed by atoms with E-state index in [4.69, 9.17) is 0 Å². The lowest BCUT2D eigenvalue weighted by Crippen LogP contribution is -2.08. The molecular formula is C30H28N2S2. The molecule has 0 saturated heterocycles. The van der Waals surface area contributed by atoms with Gasteiger partial charge in [-0.1, -0.05) is 50.1 Å². The Kier molecular flexibility index (Phi) is 4.84. The first-order valence-electron chi connectivity index (χ1n) is 11.8. The Hall–Kier alpha value is -2.82. The van der Waals surface area contributed by atoms with Gasteiger partial charge in [0.25, 0.3) is 0 Å². The number of nitrogens with zero attached hydrogens (tertiary/aromatic N) is 2. The van der Waals surface area contributed by atoms with Gasteiger partial charge >= 0.3 is 0 Å². The molecule has 0 radical (unpaired) electrons. The molecule has 0 N–H and O–H groups in total. The monoisotopic (exact) mass is 480 g/mol. The van der Waals surface area contributed by atoms with Gasteiger partial charge in [-0.25, -0.2) is 0 Å². The lowest BCUT2D eigenvalue weighted by Gasteiger charge is -2.17. The van der Waals surface area contributed by atoms with Crippen LogP contribution in [-0.2, 0) is 6.42 Å². The summed E-state index contributed by atoms with van der Waals surface area (Å²) in [7, 11) is 0. The van der Waals surface area contributed by atoms with Crippen LogP contribution in [0.1, 0.15) is 43.2 Å². The molecule has 6 rings (SSSR count). The van der Waals surface area contributed by atoms with Gasteiger partial charge in [0.05, 0.1) is 10.4 Å². The van der Waals surface area contributed by atoms with E-state index in [1.54, 1.807) is 0 Å². The molecule has 0 fully saturated rings. The van der Waals surface area contributed by atoms with E-state index in [1.165, 1.54) is 57.0 Å². The van der Waals surface area contributed by atoms with Crippen LogP contribution in [0, 0.1) is 26.2 Å². The maximum atomic E-state index is 4.66. The van der Waals surface area contributed by atoms with E-state index in [2.05, 4.69) is 100 Å². The van der Waals surface area contributed by atoms with Crippen molar-refractivity contribution < 1.29 is 0 Å². The van der Waals surface area contributed by atoms with E-state index < -0.39 is 0 Å². The zero-order valence-electron chi connectivity index (χ0n) is 20.5. The summed E-state index contributed by atoms with van der Waals surface area (Å²) < 4.78 is 5.27. The Morgan fingerprint density at radius 3 is 2.12 bits per heavy atom. The zero-order chi connectivity index (χ0) is 23.8. The Balaban J connectivity index is 1.59. The second kappa shape index (κ2) is 7.59. The molecule has 6 aromatic rings. The van der Waals surface area contributed by atoms with Crippen molar-refractivity contribution in [2.45, 2.75) is 48.0 Å². The molecule has 0 aliphatic carbocycles. The summed E-state index contributed by atoms with van der Waals surface area (Å²) in [6.45, 7) is 13.3. The molecule has 3 aromatic carbocycles. The molecule has 0 amide bonds. The summed E-state index contributed by atoms with van der Waals surface area (Å²) >= 11 is 3.76. The van der Waals surface area contributed by atoms with Crippen molar-refractivity contribution in [2.75, 3.05) is 0 Å². The van der Waals surface area contributed by atoms with Gasteiger partial charge in [0.15, 0.2) is 0 Å². The molecule has 3 aromatic heterocycles. The molecule has 0 spiro atoms. The van der Waals surface area contributed by atoms with Crippen LogP contribution in [0.3, 0.4) is 0 Å². The number of hydrogen-bond acceptors (Lipinski definition) is 4. The SMILES string of the molecule is Cc1cc(C)cc(-c2nnc(C)c3c2sc2cc4c(cc23)sc2cc(CC(C)(C)C)ccc24)c1. The lowest BCUT2D eigenvalue weighted by molar-refractivity contribution is 0.411. The highest BCUT2D eigenvalue weighted by atomic mass is 32.1. The third kappa shape index (κ3) is 3.60. The molecule has 34 heavy (non-hydrogen) atoms. The number of hydrogen-bond donors (Lipinski definition) is 0. The van der Waals surface area contributed by atoms with Crippen LogP contribution in [0.25, 0.3) is 51.6 Å². The van der Waals surface area contributed by atoms with Crippen LogP contribution >= 0.6 is 22.7 Å². The lowest BCUT2D eigenvalue weighted by atomic mass is 9.88. The molecule has 0 unspecified atom stereocenters. The topological polar surface area (TPSA) is 25.8 Å². The van der Waals surface area contributed by atoms with Gasteiger partial charge in [0.1, 0.15) is 5.69 Å². The average Bonchev–Trinajstić information content (AvgIpc) is 3.28. The second-order valence-electron chi connectivity index (χ2n) is 10.8. The first kappa shape index (κ1) is 21.7. The summed E-state index contributed by atoms with van der Waals surface area (Å²) in [4.78, 5) is 0. The molecule has 2 nitrogen and oxygen atoms in total. The van der Waals surface area contributed by atoms with E-state index in [9.17, 15) is 0 Å². The molecule has 0 atom stereocenters. The molecule has 3 heterocycles. The quantitative estimate of drug-likeness (QED) is 0.247. The van der Waals surface area contributed by atoms with Gasteiger partial charge in [-0.3, -0.25) is 0 Å². The van der Waals surface area contributed by atoms with E-state index >= 15 is 0 Å². The van der Waals surface area contributed by atoms with Gasteiger partial charge in [-0.2, -0.15) is 5.10 Å². The largest absolute Gasteiger partial charge is 0.155 e. The standard InChI is InChI=1S/C30H28N2S2/c1-16-9-17(2)11-20(10-16)28-29-27(18(3)31-32-28)23-14-25-22(13-26(23)34-29)21-8-7-19(12-24(21)33-25)15-30(4,5)6/h7-14H,15H2,1-6H3. The Morgan fingerprint density at radius 2 is 1.38 bits per heavy atom. The third-order valence-electron chi connectivity index (χ3n) is 6.45. The second-order valence-corrected chi connectivity index (χ2v) is 13.0. The van der Waals surface area contributed by atoms with Crippen LogP contribution in [0.4, 0.5) is 0 Å². The Morgan fingerprint density at radius 1 is 0.706 bits per heavy atom.